The van der Waals surface area contributed by atoms with E-state index in [1.807, 2.05) is 0 Å². The van der Waals surface area contributed by atoms with Crippen molar-refractivity contribution in [3.63, 3.8) is 0 Å². The molecule has 0 aliphatic heterocycles. The number of halogens is 3. The average Bonchev–Trinajstić information content (AvgIpc) is 2.30. The van der Waals surface area contributed by atoms with Crippen molar-refractivity contribution in [1.82, 2.24) is 0 Å². The van der Waals surface area contributed by atoms with E-state index >= 15 is 0 Å². The Morgan fingerprint density at radius 3 is 2.50 bits per heavy atom. The third-order valence-corrected chi connectivity index (χ3v) is 2.54. The molecule has 0 aromatic heterocycles. The van der Waals surface area contributed by atoms with Crippen molar-refractivity contribution in [3.8, 4) is 5.75 Å². The maximum Gasteiger partial charge on any atom is 0.396 e. The number of aliphatic hydroxyl groups is 1. The van der Waals surface area contributed by atoms with Crippen molar-refractivity contribution in [1.29, 1.82) is 0 Å². The van der Waals surface area contributed by atoms with Gasteiger partial charge in [0, 0.05) is 13.2 Å². The summed E-state index contributed by atoms with van der Waals surface area (Å²) in [5.41, 5.74) is 5.76. The van der Waals surface area contributed by atoms with Gasteiger partial charge in [-0.3, -0.25) is 0 Å². The summed E-state index contributed by atoms with van der Waals surface area (Å²) in [6, 6.07) is 6.69. The smallest absolute Gasteiger partial charge is 0.396 e. The molecule has 0 spiro atoms. The zero-order chi connectivity index (χ0) is 13.6. The molecule has 3 N–H and O–H groups in total. The predicted molar refractivity (Wildman–Crippen MR) is 61.3 cm³/mol. The minimum Gasteiger partial charge on any atom is -0.493 e. The van der Waals surface area contributed by atoms with E-state index in [9.17, 15) is 13.2 Å². The fourth-order valence-electron chi connectivity index (χ4n) is 1.46. The van der Waals surface area contributed by atoms with Crippen molar-refractivity contribution in [2.45, 2.75) is 12.6 Å². The largest absolute Gasteiger partial charge is 0.493 e. The fraction of sp³-hybridized carbons (Fsp3) is 0.500. The second kappa shape index (κ2) is 6.61. The molecule has 0 heterocycles. The normalized spacial score (nSPS) is 13.4. The third-order valence-electron chi connectivity index (χ3n) is 2.54. The van der Waals surface area contributed by atoms with Gasteiger partial charge in [-0.15, -0.1) is 0 Å². The molecule has 0 radical (unpaired) electrons. The van der Waals surface area contributed by atoms with Crippen LogP contribution in [0.4, 0.5) is 13.2 Å². The first-order valence-corrected chi connectivity index (χ1v) is 5.57. The summed E-state index contributed by atoms with van der Waals surface area (Å²) in [7, 11) is 0. The zero-order valence-electron chi connectivity index (χ0n) is 9.78. The molecule has 0 aliphatic carbocycles. The molecule has 3 nitrogen and oxygen atoms in total. The molecular formula is C12H16F3NO2. The van der Waals surface area contributed by atoms with E-state index in [0.29, 0.717) is 17.7 Å². The van der Waals surface area contributed by atoms with Crippen LogP contribution in [-0.4, -0.2) is 31.0 Å². The highest BCUT2D eigenvalue weighted by molar-refractivity contribution is 5.33. The van der Waals surface area contributed by atoms with Crippen LogP contribution in [0.5, 0.6) is 5.75 Å². The van der Waals surface area contributed by atoms with Crippen LogP contribution < -0.4 is 10.5 Å². The van der Waals surface area contributed by atoms with Crippen molar-refractivity contribution in [3.05, 3.63) is 29.8 Å². The summed E-state index contributed by atoms with van der Waals surface area (Å²) in [4.78, 5) is 0. The Labute approximate surface area is 103 Å². The van der Waals surface area contributed by atoms with Crippen LogP contribution in [0.2, 0.25) is 0 Å². The van der Waals surface area contributed by atoms with Crippen LogP contribution in [0.1, 0.15) is 5.56 Å². The van der Waals surface area contributed by atoms with Crippen LogP contribution in [0.25, 0.3) is 0 Å². The highest BCUT2D eigenvalue weighted by Gasteiger charge is 2.39. The Morgan fingerprint density at radius 2 is 1.94 bits per heavy atom. The van der Waals surface area contributed by atoms with E-state index in [1.165, 1.54) is 0 Å². The topological polar surface area (TPSA) is 55.5 Å². The van der Waals surface area contributed by atoms with Gasteiger partial charge in [0.1, 0.15) is 18.3 Å². The molecule has 0 amide bonds. The second-order valence-electron chi connectivity index (χ2n) is 3.87. The molecule has 102 valence electrons. The van der Waals surface area contributed by atoms with Gasteiger partial charge in [0.15, 0.2) is 0 Å². The number of rotatable bonds is 6. The van der Waals surface area contributed by atoms with Crippen LogP contribution >= 0.6 is 0 Å². The molecule has 0 fully saturated rings. The van der Waals surface area contributed by atoms with Gasteiger partial charge in [0.25, 0.3) is 0 Å². The molecule has 0 saturated carbocycles. The van der Waals surface area contributed by atoms with E-state index < -0.39 is 25.2 Å². The number of hydrogen-bond donors (Lipinski definition) is 2. The first-order valence-electron chi connectivity index (χ1n) is 5.57. The molecular weight excluding hydrogens is 247 g/mol. The Kier molecular flexibility index (Phi) is 5.43. The molecule has 0 saturated heterocycles. The van der Waals surface area contributed by atoms with Crippen molar-refractivity contribution in [2.24, 2.45) is 11.7 Å². The van der Waals surface area contributed by atoms with Crippen LogP contribution in [0.15, 0.2) is 24.3 Å². The number of benzene rings is 1. The fourth-order valence-corrected chi connectivity index (χ4v) is 1.46. The van der Waals surface area contributed by atoms with E-state index in [4.69, 9.17) is 15.6 Å². The standard InChI is InChI=1S/C12H16F3NO2/c13-12(14,15)10(7-16)8-18-11-4-2-1-3-9(11)5-6-17/h1-4,10,17H,5-8,16H2. The molecule has 1 aromatic carbocycles. The number of ether oxygens (including phenoxy) is 1. The minimum atomic E-state index is -4.36. The summed E-state index contributed by atoms with van der Waals surface area (Å²) in [5.74, 6) is -1.33. The lowest BCUT2D eigenvalue weighted by molar-refractivity contribution is -0.178. The highest BCUT2D eigenvalue weighted by Crippen LogP contribution is 2.27. The Hall–Kier alpha value is -1.27. The van der Waals surface area contributed by atoms with Gasteiger partial charge in [-0.2, -0.15) is 13.2 Å². The average molecular weight is 263 g/mol. The lowest BCUT2D eigenvalue weighted by atomic mass is 10.1. The lowest BCUT2D eigenvalue weighted by Gasteiger charge is -2.19. The summed E-state index contributed by atoms with van der Waals surface area (Å²) in [6.07, 6.45) is -4.02. The van der Waals surface area contributed by atoms with Gasteiger partial charge in [0.2, 0.25) is 0 Å². The summed E-state index contributed by atoms with van der Waals surface area (Å²) >= 11 is 0. The monoisotopic (exact) mass is 263 g/mol. The van der Waals surface area contributed by atoms with Crippen molar-refractivity contribution in [2.75, 3.05) is 19.8 Å². The van der Waals surface area contributed by atoms with Gasteiger partial charge < -0.3 is 15.6 Å². The molecule has 18 heavy (non-hydrogen) atoms. The third kappa shape index (κ3) is 4.19. The maximum absolute atomic E-state index is 12.5. The van der Waals surface area contributed by atoms with Crippen LogP contribution in [0, 0.1) is 5.92 Å². The summed E-state index contributed by atoms with van der Waals surface area (Å²) < 4.78 is 42.6. The SMILES string of the molecule is NCC(COc1ccccc1CCO)C(F)(F)F. The Morgan fingerprint density at radius 1 is 1.28 bits per heavy atom. The maximum atomic E-state index is 12.5. The molecule has 1 atom stereocenters. The van der Waals surface area contributed by atoms with Gasteiger partial charge in [0.05, 0.1) is 0 Å². The molecule has 0 aliphatic rings. The highest BCUT2D eigenvalue weighted by atomic mass is 19.4. The predicted octanol–water partition coefficient (Wildman–Crippen LogP) is 1.74. The van der Waals surface area contributed by atoms with E-state index in [2.05, 4.69) is 0 Å². The quantitative estimate of drug-likeness (QED) is 0.822. The summed E-state index contributed by atoms with van der Waals surface area (Å²) in [6.45, 7) is -1.10. The first kappa shape index (κ1) is 14.8. The minimum absolute atomic E-state index is 0.0834. The van der Waals surface area contributed by atoms with Crippen molar-refractivity contribution < 1.29 is 23.0 Å². The Bertz CT molecular complexity index is 369. The first-order chi connectivity index (χ1) is 8.49. The number of nitrogens with two attached hydrogens (primary N) is 1. The molecule has 0 bridgehead atoms. The number of para-hydroxylation sites is 1. The number of hydrogen-bond acceptors (Lipinski definition) is 3. The molecule has 1 rings (SSSR count). The summed E-state index contributed by atoms with van der Waals surface area (Å²) in [5, 5.41) is 8.84. The number of aliphatic hydroxyl groups excluding tert-OH is 1. The zero-order valence-corrected chi connectivity index (χ0v) is 9.78. The second-order valence-corrected chi connectivity index (χ2v) is 3.87. The molecule has 1 aromatic rings. The van der Waals surface area contributed by atoms with Crippen LogP contribution in [-0.2, 0) is 6.42 Å². The van der Waals surface area contributed by atoms with E-state index in [-0.39, 0.29) is 6.61 Å². The van der Waals surface area contributed by atoms with E-state index in [1.54, 1.807) is 24.3 Å². The Balaban J connectivity index is 2.67. The lowest BCUT2D eigenvalue weighted by Crippen LogP contribution is -2.35. The van der Waals surface area contributed by atoms with Gasteiger partial charge in [-0.1, -0.05) is 18.2 Å². The molecule has 1 unspecified atom stereocenters. The van der Waals surface area contributed by atoms with Crippen LogP contribution in [0.3, 0.4) is 0 Å². The van der Waals surface area contributed by atoms with Gasteiger partial charge >= 0.3 is 6.18 Å². The number of alkyl halides is 3. The van der Waals surface area contributed by atoms with Gasteiger partial charge in [-0.25, -0.2) is 0 Å². The van der Waals surface area contributed by atoms with E-state index in [0.717, 1.165) is 0 Å². The molecule has 6 heteroatoms. The van der Waals surface area contributed by atoms with Gasteiger partial charge in [-0.05, 0) is 18.1 Å². The van der Waals surface area contributed by atoms with Crippen molar-refractivity contribution >= 4 is 0 Å².